The van der Waals surface area contributed by atoms with Crippen molar-refractivity contribution in [1.82, 2.24) is 4.98 Å². The Labute approximate surface area is 104 Å². The second-order valence-corrected chi connectivity index (χ2v) is 4.87. The molecule has 0 fully saturated rings. The molecule has 0 bridgehead atoms. The third-order valence-electron chi connectivity index (χ3n) is 3.65. The molecule has 2 aromatic rings. The number of hydrogen-bond acceptors (Lipinski definition) is 1. The molecule has 0 N–H and O–H groups in total. The smallest absolute Gasteiger partial charge is 0.0705 e. The van der Waals surface area contributed by atoms with Gasteiger partial charge in [-0.05, 0) is 55.0 Å². The fraction of sp³-hybridized carbons (Fsp3) is 0.438. The van der Waals surface area contributed by atoms with Crippen molar-refractivity contribution in [1.29, 1.82) is 0 Å². The number of fused-ring (bicyclic) bond motifs is 1. The molecule has 1 aromatic heterocycles. The highest BCUT2D eigenvalue weighted by atomic mass is 14.7. The maximum atomic E-state index is 4.72. The highest BCUT2D eigenvalue weighted by molar-refractivity contribution is 5.80. The molecule has 1 atom stereocenters. The van der Waals surface area contributed by atoms with Crippen molar-refractivity contribution in [3.05, 3.63) is 41.1 Å². The van der Waals surface area contributed by atoms with Crippen LogP contribution in [0.2, 0.25) is 0 Å². The van der Waals surface area contributed by atoms with E-state index in [0.29, 0.717) is 5.92 Å². The molecule has 1 nitrogen and oxygen atoms in total. The summed E-state index contributed by atoms with van der Waals surface area (Å²) in [6, 6.07) is 8.95. The summed E-state index contributed by atoms with van der Waals surface area (Å²) in [5, 5.41) is 1.28. The van der Waals surface area contributed by atoms with Gasteiger partial charge in [0, 0.05) is 11.1 Å². The van der Waals surface area contributed by atoms with Crippen LogP contribution in [0.5, 0.6) is 0 Å². The molecule has 0 saturated heterocycles. The molecule has 17 heavy (non-hydrogen) atoms. The fourth-order valence-electron chi connectivity index (χ4n) is 2.24. The lowest BCUT2D eigenvalue weighted by atomic mass is 9.96. The van der Waals surface area contributed by atoms with Crippen LogP contribution in [-0.4, -0.2) is 4.98 Å². The van der Waals surface area contributed by atoms with Gasteiger partial charge < -0.3 is 0 Å². The molecule has 0 aliphatic carbocycles. The van der Waals surface area contributed by atoms with Crippen LogP contribution in [-0.2, 0) is 6.42 Å². The number of rotatable bonds is 3. The lowest BCUT2D eigenvalue weighted by Crippen LogP contribution is -1.95. The van der Waals surface area contributed by atoms with Gasteiger partial charge in [-0.1, -0.05) is 26.8 Å². The van der Waals surface area contributed by atoms with Crippen LogP contribution in [0, 0.1) is 6.92 Å². The van der Waals surface area contributed by atoms with E-state index < -0.39 is 0 Å². The van der Waals surface area contributed by atoms with Gasteiger partial charge in [-0.2, -0.15) is 0 Å². The zero-order valence-corrected chi connectivity index (χ0v) is 11.2. The van der Waals surface area contributed by atoms with Gasteiger partial charge in [0.25, 0.3) is 0 Å². The summed E-state index contributed by atoms with van der Waals surface area (Å²) in [5.74, 6) is 0.630. The largest absolute Gasteiger partial charge is 0.253 e. The molecular formula is C16H21N. The molecular weight excluding hydrogens is 206 g/mol. The number of aryl methyl sites for hydroxylation is 2. The summed E-state index contributed by atoms with van der Waals surface area (Å²) in [5.41, 5.74) is 5.07. The Bertz CT molecular complexity index is 528. The zero-order chi connectivity index (χ0) is 12.4. The first-order chi connectivity index (χ1) is 8.15. The van der Waals surface area contributed by atoms with Gasteiger partial charge in [0.2, 0.25) is 0 Å². The Hall–Kier alpha value is -1.37. The van der Waals surface area contributed by atoms with E-state index in [9.17, 15) is 0 Å². The highest BCUT2D eigenvalue weighted by Crippen LogP contribution is 2.24. The molecule has 1 unspecified atom stereocenters. The van der Waals surface area contributed by atoms with E-state index in [4.69, 9.17) is 4.98 Å². The number of pyridine rings is 1. The van der Waals surface area contributed by atoms with Crippen molar-refractivity contribution in [2.45, 2.75) is 46.5 Å². The van der Waals surface area contributed by atoms with Gasteiger partial charge in [-0.3, -0.25) is 4.98 Å². The Morgan fingerprint density at radius 1 is 1.18 bits per heavy atom. The minimum Gasteiger partial charge on any atom is -0.253 e. The second-order valence-electron chi connectivity index (χ2n) is 4.87. The minimum atomic E-state index is 0.630. The molecule has 0 saturated carbocycles. The maximum Gasteiger partial charge on any atom is 0.0705 e. The molecule has 0 amide bonds. The first-order valence-electron chi connectivity index (χ1n) is 6.55. The van der Waals surface area contributed by atoms with Gasteiger partial charge in [0.1, 0.15) is 0 Å². The second kappa shape index (κ2) is 4.87. The topological polar surface area (TPSA) is 12.9 Å². The highest BCUT2D eigenvalue weighted by Gasteiger charge is 2.06. The van der Waals surface area contributed by atoms with Gasteiger partial charge in [-0.25, -0.2) is 0 Å². The van der Waals surface area contributed by atoms with Crippen LogP contribution in [0.15, 0.2) is 24.3 Å². The Morgan fingerprint density at radius 3 is 2.59 bits per heavy atom. The summed E-state index contributed by atoms with van der Waals surface area (Å²) in [6.45, 7) is 8.83. The van der Waals surface area contributed by atoms with E-state index in [1.54, 1.807) is 0 Å². The van der Waals surface area contributed by atoms with Crippen LogP contribution >= 0.6 is 0 Å². The number of benzene rings is 1. The summed E-state index contributed by atoms with van der Waals surface area (Å²) < 4.78 is 0. The SMILES string of the molecule is CCc1nc2ccc(C(C)CC)cc2cc1C. The van der Waals surface area contributed by atoms with E-state index in [0.717, 1.165) is 11.9 Å². The van der Waals surface area contributed by atoms with E-state index in [1.807, 2.05) is 0 Å². The molecule has 0 aliphatic heterocycles. The van der Waals surface area contributed by atoms with E-state index in [-0.39, 0.29) is 0 Å². The van der Waals surface area contributed by atoms with Crippen molar-refractivity contribution in [2.75, 3.05) is 0 Å². The predicted molar refractivity (Wildman–Crippen MR) is 74.6 cm³/mol. The minimum absolute atomic E-state index is 0.630. The number of nitrogens with zero attached hydrogens (tertiary/aromatic N) is 1. The van der Waals surface area contributed by atoms with E-state index >= 15 is 0 Å². The summed E-state index contributed by atoms with van der Waals surface area (Å²) in [6.07, 6.45) is 2.19. The normalized spacial score (nSPS) is 12.9. The molecule has 0 aliphatic rings. The Balaban J connectivity index is 2.55. The van der Waals surface area contributed by atoms with Crippen molar-refractivity contribution in [2.24, 2.45) is 0 Å². The summed E-state index contributed by atoms with van der Waals surface area (Å²) in [4.78, 5) is 4.72. The van der Waals surface area contributed by atoms with Gasteiger partial charge >= 0.3 is 0 Å². The third-order valence-corrected chi connectivity index (χ3v) is 3.65. The Kier molecular flexibility index (Phi) is 3.46. The molecule has 1 aromatic carbocycles. The maximum absolute atomic E-state index is 4.72. The van der Waals surface area contributed by atoms with Crippen LogP contribution in [0.4, 0.5) is 0 Å². The standard InChI is InChI=1S/C16H21N/c1-5-11(3)13-7-8-16-14(10-13)9-12(4)15(6-2)17-16/h7-11H,5-6H2,1-4H3. The van der Waals surface area contributed by atoms with Crippen molar-refractivity contribution in [3.8, 4) is 0 Å². The van der Waals surface area contributed by atoms with Gasteiger partial charge in [-0.15, -0.1) is 0 Å². The average Bonchev–Trinajstić information content (AvgIpc) is 2.36. The quantitative estimate of drug-likeness (QED) is 0.745. The first kappa shape index (κ1) is 12.1. The first-order valence-corrected chi connectivity index (χ1v) is 6.55. The lowest BCUT2D eigenvalue weighted by molar-refractivity contribution is 0.734. The van der Waals surface area contributed by atoms with Crippen molar-refractivity contribution < 1.29 is 0 Å². The fourth-order valence-corrected chi connectivity index (χ4v) is 2.24. The predicted octanol–water partition coefficient (Wildman–Crippen LogP) is 4.62. The van der Waals surface area contributed by atoms with Crippen LogP contribution in [0.25, 0.3) is 10.9 Å². The van der Waals surface area contributed by atoms with Gasteiger partial charge in [0.15, 0.2) is 0 Å². The number of aromatic nitrogens is 1. The monoisotopic (exact) mass is 227 g/mol. The molecule has 0 radical (unpaired) electrons. The molecule has 0 spiro atoms. The number of hydrogen-bond donors (Lipinski definition) is 0. The third kappa shape index (κ3) is 2.33. The zero-order valence-electron chi connectivity index (χ0n) is 11.2. The summed E-state index contributed by atoms with van der Waals surface area (Å²) >= 11 is 0. The Morgan fingerprint density at radius 2 is 1.94 bits per heavy atom. The molecule has 90 valence electrons. The van der Waals surface area contributed by atoms with Crippen LogP contribution in [0.3, 0.4) is 0 Å². The summed E-state index contributed by atoms with van der Waals surface area (Å²) in [7, 11) is 0. The van der Waals surface area contributed by atoms with E-state index in [1.165, 1.54) is 28.6 Å². The average molecular weight is 227 g/mol. The van der Waals surface area contributed by atoms with Crippen LogP contribution < -0.4 is 0 Å². The van der Waals surface area contributed by atoms with Crippen LogP contribution in [0.1, 0.15) is 49.9 Å². The molecule has 1 heteroatoms. The lowest BCUT2D eigenvalue weighted by Gasteiger charge is -2.11. The van der Waals surface area contributed by atoms with E-state index in [2.05, 4.69) is 52.0 Å². The van der Waals surface area contributed by atoms with Crippen molar-refractivity contribution in [3.63, 3.8) is 0 Å². The van der Waals surface area contributed by atoms with Gasteiger partial charge in [0.05, 0.1) is 5.52 Å². The van der Waals surface area contributed by atoms with Crippen molar-refractivity contribution >= 4 is 10.9 Å². The molecule has 1 heterocycles. The molecule has 2 rings (SSSR count).